The molecule has 1 unspecified atom stereocenters. The molecule has 1 heterocycles. The Balaban J connectivity index is 2.10. The van der Waals surface area contributed by atoms with Gasteiger partial charge in [-0.3, -0.25) is 0 Å². The van der Waals surface area contributed by atoms with E-state index in [0.29, 0.717) is 22.3 Å². The second-order valence-electron chi connectivity index (χ2n) is 4.23. The fraction of sp³-hybridized carbons (Fsp3) is 0.333. The lowest BCUT2D eigenvalue weighted by Gasteiger charge is -2.24. The molecule has 4 nitrogen and oxygen atoms in total. The number of rotatable bonds is 4. The number of aliphatic hydroxyl groups is 1. The van der Waals surface area contributed by atoms with Crippen molar-refractivity contribution in [2.24, 2.45) is 0 Å². The maximum atomic E-state index is 10.4. The second-order valence-corrected chi connectivity index (χ2v) is 5.82. The molecule has 0 fully saturated rings. The van der Waals surface area contributed by atoms with Crippen LogP contribution in [0.2, 0.25) is 5.02 Å². The van der Waals surface area contributed by atoms with Gasteiger partial charge in [0.25, 0.3) is 0 Å². The Kier molecular flexibility index (Phi) is 3.85. The normalized spacial score (nSPS) is 14.2. The van der Waals surface area contributed by atoms with Crippen molar-refractivity contribution in [1.82, 2.24) is 10.2 Å². The van der Waals surface area contributed by atoms with Gasteiger partial charge in [0.1, 0.15) is 10.6 Å². The first-order valence-corrected chi connectivity index (χ1v) is 6.70. The fourth-order valence-electron chi connectivity index (χ4n) is 1.61. The standard InChI is InChI=1S/C12H14ClN3OS/c1-8-15-16-11(18-8)14-7-12(2,17)9-5-3-4-6-10(9)13/h3-6,17H,7H2,1-2H3,(H,14,16). The molecule has 2 rings (SSSR count). The number of hydrogen-bond acceptors (Lipinski definition) is 5. The molecule has 0 saturated carbocycles. The molecule has 1 atom stereocenters. The molecular formula is C12H14ClN3OS. The number of hydrogen-bond donors (Lipinski definition) is 2. The third-order valence-electron chi connectivity index (χ3n) is 2.56. The van der Waals surface area contributed by atoms with E-state index in [2.05, 4.69) is 15.5 Å². The predicted molar refractivity (Wildman–Crippen MR) is 74.2 cm³/mol. The van der Waals surface area contributed by atoms with Gasteiger partial charge in [-0.1, -0.05) is 41.1 Å². The zero-order valence-electron chi connectivity index (χ0n) is 10.1. The van der Waals surface area contributed by atoms with Gasteiger partial charge in [-0.05, 0) is 19.9 Å². The van der Waals surface area contributed by atoms with Crippen LogP contribution in [0.25, 0.3) is 0 Å². The molecule has 0 bridgehead atoms. The van der Waals surface area contributed by atoms with Crippen molar-refractivity contribution >= 4 is 28.1 Å². The van der Waals surface area contributed by atoms with Crippen molar-refractivity contribution in [3.63, 3.8) is 0 Å². The lowest BCUT2D eigenvalue weighted by molar-refractivity contribution is 0.0716. The average molecular weight is 284 g/mol. The summed E-state index contributed by atoms with van der Waals surface area (Å²) in [5.41, 5.74) is -0.363. The SMILES string of the molecule is Cc1nnc(NCC(C)(O)c2ccccc2Cl)s1. The quantitative estimate of drug-likeness (QED) is 0.906. The highest BCUT2D eigenvalue weighted by Crippen LogP contribution is 2.28. The van der Waals surface area contributed by atoms with Gasteiger partial charge < -0.3 is 10.4 Å². The molecule has 0 amide bonds. The molecule has 96 valence electrons. The van der Waals surface area contributed by atoms with Crippen LogP contribution in [0, 0.1) is 6.92 Å². The van der Waals surface area contributed by atoms with E-state index in [-0.39, 0.29) is 0 Å². The minimum atomic E-state index is -1.06. The molecule has 2 N–H and O–H groups in total. The molecule has 0 aliphatic heterocycles. The Hall–Kier alpha value is -1.17. The van der Waals surface area contributed by atoms with Crippen LogP contribution >= 0.6 is 22.9 Å². The minimum absolute atomic E-state index is 0.325. The molecule has 18 heavy (non-hydrogen) atoms. The number of benzene rings is 1. The van der Waals surface area contributed by atoms with Crippen molar-refractivity contribution in [3.05, 3.63) is 39.9 Å². The monoisotopic (exact) mass is 283 g/mol. The van der Waals surface area contributed by atoms with Gasteiger partial charge in [0.2, 0.25) is 5.13 Å². The number of anilines is 1. The maximum absolute atomic E-state index is 10.4. The van der Waals surface area contributed by atoms with E-state index in [9.17, 15) is 5.11 Å². The van der Waals surface area contributed by atoms with E-state index in [1.54, 1.807) is 13.0 Å². The van der Waals surface area contributed by atoms with E-state index in [0.717, 1.165) is 5.01 Å². The lowest BCUT2D eigenvalue weighted by atomic mass is 9.96. The van der Waals surface area contributed by atoms with Gasteiger partial charge in [-0.25, -0.2) is 0 Å². The number of nitrogens with one attached hydrogen (secondary N) is 1. The minimum Gasteiger partial charge on any atom is -0.384 e. The van der Waals surface area contributed by atoms with Crippen LogP contribution in [-0.2, 0) is 5.60 Å². The number of nitrogens with zero attached hydrogens (tertiary/aromatic N) is 2. The van der Waals surface area contributed by atoms with Crippen LogP contribution in [0.1, 0.15) is 17.5 Å². The highest BCUT2D eigenvalue weighted by atomic mass is 35.5. The first kappa shape index (κ1) is 13.3. The molecule has 6 heteroatoms. The van der Waals surface area contributed by atoms with Gasteiger partial charge in [-0.15, -0.1) is 10.2 Å². The maximum Gasteiger partial charge on any atom is 0.205 e. The van der Waals surface area contributed by atoms with E-state index in [1.165, 1.54) is 11.3 Å². The Morgan fingerprint density at radius 2 is 2.11 bits per heavy atom. The van der Waals surface area contributed by atoms with Gasteiger partial charge in [0.15, 0.2) is 0 Å². The molecule has 1 aromatic carbocycles. The van der Waals surface area contributed by atoms with Crippen molar-refractivity contribution < 1.29 is 5.11 Å². The summed E-state index contributed by atoms with van der Waals surface area (Å²) in [5.74, 6) is 0. The Labute approximate surface area is 115 Å². The largest absolute Gasteiger partial charge is 0.384 e. The molecule has 0 spiro atoms. The molecular weight excluding hydrogens is 270 g/mol. The zero-order valence-corrected chi connectivity index (χ0v) is 11.7. The summed E-state index contributed by atoms with van der Waals surface area (Å²) in [7, 11) is 0. The summed E-state index contributed by atoms with van der Waals surface area (Å²) in [5, 5.41) is 23.5. The lowest BCUT2D eigenvalue weighted by Crippen LogP contribution is -2.31. The Bertz CT molecular complexity index is 542. The number of aryl methyl sites for hydroxylation is 1. The summed E-state index contributed by atoms with van der Waals surface area (Å²) < 4.78 is 0. The first-order valence-electron chi connectivity index (χ1n) is 5.50. The van der Waals surface area contributed by atoms with Crippen molar-refractivity contribution in [2.75, 3.05) is 11.9 Å². The van der Waals surface area contributed by atoms with Crippen molar-refractivity contribution in [1.29, 1.82) is 0 Å². The third kappa shape index (κ3) is 2.98. The van der Waals surface area contributed by atoms with Crippen LogP contribution in [0.5, 0.6) is 0 Å². The van der Waals surface area contributed by atoms with E-state index < -0.39 is 5.60 Å². The molecule has 2 aromatic rings. The van der Waals surface area contributed by atoms with E-state index in [1.807, 2.05) is 25.1 Å². The first-order chi connectivity index (χ1) is 8.49. The van der Waals surface area contributed by atoms with Gasteiger partial charge >= 0.3 is 0 Å². The summed E-state index contributed by atoms with van der Waals surface area (Å²) in [6.07, 6.45) is 0. The van der Waals surface area contributed by atoms with E-state index in [4.69, 9.17) is 11.6 Å². The Morgan fingerprint density at radius 1 is 1.39 bits per heavy atom. The summed E-state index contributed by atoms with van der Waals surface area (Å²) in [6, 6.07) is 7.27. The van der Waals surface area contributed by atoms with Gasteiger partial charge in [0.05, 0.1) is 0 Å². The summed E-state index contributed by atoms with van der Waals surface area (Å²) in [4.78, 5) is 0. The van der Waals surface area contributed by atoms with Gasteiger partial charge in [0, 0.05) is 17.1 Å². The molecule has 0 aliphatic carbocycles. The highest BCUT2D eigenvalue weighted by Gasteiger charge is 2.25. The van der Waals surface area contributed by atoms with E-state index >= 15 is 0 Å². The highest BCUT2D eigenvalue weighted by molar-refractivity contribution is 7.15. The Morgan fingerprint density at radius 3 is 2.72 bits per heavy atom. The van der Waals surface area contributed by atoms with Crippen molar-refractivity contribution in [2.45, 2.75) is 19.4 Å². The molecule has 0 aliphatic rings. The van der Waals surface area contributed by atoms with Crippen LogP contribution in [0.3, 0.4) is 0 Å². The third-order valence-corrected chi connectivity index (χ3v) is 3.69. The number of aromatic nitrogens is 2. The van der Waals surface area contributed by atoms with Crippen LogP contribution in [0.4, 0.5) is 5.13 Å². The average Bonchev–Trinajstić information content (AvgIpc) is 2.73. The smallest absolute Gasteiger partial charge is 0.205 e. The van der Waals surface area contributed by atoms with Crippen LogP contribution < -0.4 is 5.32 Å². The molecule has 0 radical (unpaired) electrons. The molecule has 0 saturated heterocycles. The summed E-state index contributed by atoms with van der Waals surface area (Å²) in [6.45, 7) is 3.93. The van der Waals surface area contributed by atoms with Gasteiger partial charge in [-0.2, -0.15) is 0 Å². The second kappa shape index (κ2) is 5.22. The topological polar surface area (TPSA) is 58.0 Å². The van der Waals surface area contributed by atoms with Crippen molar-refractivity contribution in [3.8, 4) is 0 Å². The van der Waals surface area contributed by atoms with Crippen LogP contribution in [0.15, 0.2) is 24.3 Å². The van der Waals surface area contributed by atoms with Crippen LogP contribution in [-0.4, -0.2) is 21.8 Å². The summed E-state index contributed by atoms with van der Waals surface area (Å²) >= 11 is 7.53. The molecule has 1 aromatic heterocycles. The zero-order chi connectivity index (χ0) is 13.2. The number of halogens is 1. The predicted octanol–water partition coefficient (Wildman–Crippen LogP) is 2.82. The fourth-order valence-corrected chi connectivity index (χ4v) is 2.54.